The molecule has 4 heteroatoms. The lowest BCUT2D eigenvalue weighted by Gasteiger charge is -2.25. The molecule has 0 bridgehead atoms. The summed E-state index contributed by atoms with van der Waals surface area (Å²) >= 11 is 1.68. The molecule has 2 aromatic rings. The topological polar surface area (TPSA) is 49.3 Å². The fraction of sp³-hybridized carbons (Fsp3) is 0.188. The number of carboxylic acid groups (broad SMARTS) is 1. The van der Waals surface area contributed by atoms with Crippen LogP contribution in [0.2, 0.25) is 0 Å². The molecule has 0 amide bonds. The first-order valence-corrected chi connectivity index (χ1v) is 7.42. The number of carboxylic acids is 1. The Kier molecular flexibility index (Phi) is 3.40. The van der Waals surface area contributed by atoms with Gasteiger partial charge in [0.25, 0.3) is 0 Å². The average molecular weight is 285 g/mol. The average Bonchev–Trinajstić information content (AvgIpc) is 2.46. The fourth-order valence-corrected chi connectivity index (χ4v) is 3.53. The highest BCUT2D eigenvalue weighted by molar-refractivity contribution is 7.99. The van der Waals surface area contributed by atoms with Crippen molar-refractivity contribution in [1.29, 1.82) is 0 Å². The van der Waals surface area contributed by atoms with E-state index in [1.54, 1.807) is 11.8 Å². The quantitative estimate of drug-likeness (QED) is 0.745. The van der Waals surface area contributed by atoms with E-state index in [-0.39, 0.29) is 0 Å². The molecule has 3 nitrogen and oxygen atoms in total. The monoisotopic (exact) mass is 285 g/mol. The van der Waals surface area contributed by atoms with Crippen LogP contribution >= 0.6 is 11.8 Å². The molecule has 3 rings (SSSR count). The lowest BCUT2D eigenvalue weighted by molar-refractivity contribution is -0.138. The van der Waals surface area contributed by atoms with Gasteiger partial charge in [0.2, 0.25) is 0 Å². The molecule has 0 spiro atoms. The maximum Gasteiger partial charge on any atom is 0.311 e. The molecule has 1 aliphatic rings. The lowest BCUT2D eigenvalue weighted by Crippen LogP contribution is -2.14. The highest BCUT2D eigenvalue weighted by atomic mass is 32.2. The van der Waals surface area contributed by atoms with Crippen LogP contribution in [0.1, 0.15) is 24.8 Å². The molecule has 2 aromatic carbocycles. The third-order valence-corrected chi connectivity index (χ3v) is 4.64. The van der Waals surface area contributed by atoms with Crippen LogP contribution in [0.5, 0.6) is 0 Å². The van der Waals surface area contributed by atoms with E-state index in [0.29, 0.717) is 6.42 Å². The minimum absolute atomic E-state index is 0.469. The molecule has 1 aliphatic heterocycles. The normalized spacial score (nSPS) is 13.8. The maximum absolute atomic E-state index is 11.4. The first-order chi connectivity index (χ1) is 9.70. The third kappa shape index (κ3) is 2.16. The number of anilines is 2. The van der Waals surface area contributed by atoms with Gasteiger partial charge in [-0.1, -0.05) is 43.0 Å². The number of para-hydroxylation sites is 2. The molecule has 0 radical (unpaired) electrons. The van der Waals surface area contributed by atoms with Gasteiger partial charge in [0, 0.05) is 9.79 Å². The molecule has 0 saturated heterocycles. The van der Waals surface area contributed by atoms with Crippen molar-refractivity contribution < 1.29 is 9.90 Å². The Morgan fingerprint density at radius 1 is 1.20 bits per heavy atom. The van der Waals surface area contributed by atoms with Gasteiger partial charge >= 0.3 is 5.97 Å². The van der Waals surface area contributed by atoms with E-state index in [1.165, 1.54) is 4.90 Å². The number of aliphatic carboxylic acids is 1. The van der Waals surface area contributed by atoms with Gasteiger partial charge in [-0.05, 0) is 30.2 Å². The molecule has 1 heterocycles. The zero-order valence-corrected chi connectivity index (χ0v) is 11.9. The summed E-state index contributed by atoms with van der Waals surface area (Å²) in [5, 5.41) is 12.8. The van der Waals surface area contributed by atoms with Crippen LogP contribution in [0.25, 0.3) is 0 Å². The Balaban J connectivity index is 2.08. The van der Waals surface area contributed by atoms with Crippen molar-refractivity contribution >= 4 is 29.1 Å². The van der Waals surface area contributed by atoms with Crippen LogP contribution in [0, 0.1) is 0 Å². The third-order valence-electron chi connectivity index (χ3n) is 3.51. The zero-order chi connectivity index (χ0) is 14.1. The van der Waals surface area contributed by atoms with E-state index in [1.807, 2.05) is 43.3 Å². The van der Waals surface area contributed by atoms with Crippen molar-refractivity contribution in [3.8, 4) is 0 Å². The second-order valence-electron chi connectivity index (χ2n) is 4.74. The van der Waals surface area contributed by atoms with Crippen molar-refractivity contribution in [3.05, 3.63) is 48.0 Å². The number of benzene rings is 2. The van der Waals surface area contributed by atoms with E-state index in [0.717, 1.165) is 21.8 Å². The van der Waals surface area contributed by atoms with E-state index in [2.05, 4.69) is 11.4 Å². The van der Waals surface area contributed by atoms with Crippen LogP contribution in [-0.2, 0) is 4.79 Å². The summed E-state index contributed by atoms with van der Waals surface area (Å²) < 4.78 is 0. The van der Waals surface area contributed by atoms with Crippen molar-refractivity contribution in [1.82, 2.24) is 0 Å². The van der Waals surface area contributed by atoms with Gasteiger partial charge in [0.1, 0.15) is 0 Å². The first kappa shape index (κ1) is 13.1. The van der Waals surface area contributed by atoms with E-state index in [9.17, 15) is 9.90 Å². The Morgan fingerprint density at radius 3 is 2.70 bits per heavy atom. The first-order valence-electron chi connectivity index (χ1n) is 6.60. The lowest BCUT2D eigenvalue weighted by atomic mass is 9.94. The Morgan fingerprint density at radius 2 is 1.95 bits per heavy atom. The van der Waals surface area contributed by atoms with Crippen LogP contribution in [0.3, 0.4) is 0 Å². The van der Waals surface area contributed by atoms with Gasteiger partial charge in [-0.3, -0.25) is 4.79 Å². The predicted molar refractivity (Wildman–Crippen MR) is 81.0 cm³/mol. The summed E-state index contributed by atoms with van der Waals surface area (Å²) in [6.07, 6.45) is 0.583. The second kappa shape index (κ2) is 5.21. The highest BCUT2D eigenvalue weighted by Crippen LogP contribution is 2.47. The number of rotatable bonds is 3. The standard InChI is InChI=1S/C16H15NO2S/c1-2-10(16(18)19)11-6-5-9-14-15(11)17-12-7-3-4-8-13(12)20-14/h3-10,17H,2H2,1H3,(H,18,19). The SMILES string of the molecule is CCC(C(=O)O)c1cccc2c1Nc1ccccc1S2. The smallest absolute Gasteiger partial charge is 0.311 e. The van der Waals surface area contributed by atoms with Crippen molar-refractivity contribution in [2.45, 2.75) is 29.1 Å². The predicted octanol–water partition coefficient (Wildman–Crippen LogP) is 4.47. The molecular weight excluding hydrogens is 270 g/mol. The summed E-state index contributed by atoms with van der Waals surface area (Å²) in [4.78, 5) is 13.7. The van der Waals surface area contributed by atoms with Crippen LogP contribution in [-0.4, -0.2) is 11.1 Å². The van der Waals surface area contributed by atoms with Gasteiger partial charge in [-0.25, -0.2) is 0 Å². The molecule has 2 N–H and O–H groups in total. The van der Waals surface area contributed by atoms with Crippen molar-refractivity contribution in [3.63, 3.8) is 0 Å². The van der Waals surface area contributed by atoms with Gasteiger partial charge < -0.3 is 10.4 Å². The Bertz CT molecular complexity index is 669. The molecule has 0 fully saturated rings. The number of fused-ring (bicyclic) bond motifs is 2. The van der Waals surface area contributed by atoms with E-state index in [4.69, 9.17) is 0 Å². The highest BCUT2D eigenvalue weighted by Gasteiger charge is 2.25. The minimum Gasteiger partial charge on any atom is -0.481 e. The molecule has 0 aliphatic carbocycles. The number of nitrogens with one attached hydrogen (secondary N) is 1. The van der Waals surface area contributed by atoms with Gasteiger partial charge in [0.05, 0.1) is 17.3 Å². The summed E-state index contributed by atoms with van der Waals surface area (Å²) in [7, 11) is 0. The minimum atomic E-state index is -0.772. The Hall–Kier alpha value is -1.94. The number of hydrogen-bond acceptors (Lipinski definition) is 3. The molecule has 102 valence electrons. The van der Waals surface area contributed by atoms with Crippen LogP contribution in [0.4, 0.5) is 11.4 Å². The van der Waals surface area contributed by atoms with Gasteiger partial charge in [-0.15, -0.1) is 0 Å². The Labute approximate surface area is 122 Å². The molecule has 0 saturated carbocycles. The van der Waals surface area contributed by atoms with Crippen LogP contribution < -0.4 is 5.32 Å². The molecule has 1 atom stereocenters. The summed E-state index contributed by atoms with van der Waals surface area (Å²) in [6, 6.07) is 13.9. The fourth-order valence-electron chi connectivity index (χ4n) is 2.50. The van der Waals surface area contributed by atoms with E-state index < -0.39 is 11.9 Å². The number of hydrogen-bond donors (Lipinski definition) is 2. The summed E-state index contributed by atoms with van der Waals surface area (Å²) in [5.74, 6) is -1.24. The zero-order valence-electron chi connectivity index (χ0n) is 11.1. The maximum atomic E-state index is 11.4. The van der Waals surface area contributed by atoms with Crippen molar-refractivity contribution in [2.24, 2.45) is 0 Å². The molecule has 1 unspecified atom stereocenters. The molecule has 20 heavy (non-hydrogen) atoms. The largest absolute Gasteiger partial charge is 0.481 e. The van der Waals surface area contributed by atoms with Gasteiger partial charge in [0.15, 0.2) is 0 Å². The summed E-state index contributed by atoms with van der Waals surface area (Å²) in [5.41, 5.74) is 2.84. The van der Waals surface area contributed by atoms with Crippen molar-refractivity contribution in [2.75, 3.05) is 5.32 Å². The van der Waals surface area contributed by atoms with Gasteiger partial charge in [-0.2, -0.15) is 0 Å². The summed E-state index contributed by atoms with van der Waals surface area (Å²) in [6.45, 7) is 1.90. The second-order valence-corrected chi connectivity index (χ2v) is 5.83. The molecule has 0 aromatic heterocycles. The molecular formula is C16H15NO2S. The number of carbonyl (C=O) groups is 1. The van der Waals surface area contributed by atoms with E-state index >= 15 is 0 Å². The van der Waals surface area contributed by atoms with Crippen LogP contribution in [0.15, 0.2) is 52.3 Å².